The molecule has 0 saturated carbocycles. The van der Waals surface area contributed by atoms with Gasteiger partial charge >= 0.3 is 0 Å². The Bertz CT molecular complexity index is 1400. The molecule has 0 spiro atoms. The Morgan fingerprint density at radius 3 is 2.62 bits per heavy atom. The van der Waals surface area contributed by atoms with E-state index in [2.05, 4.69) is 4.98 Å². The van der Waals surface area contributed by atoms with Crippen LogP contribution in [0.5, 0.6) is 11.5 Å². The van der Waals surface area contributed by atoms with E-state index in [9.17, 15) is 4.79 Å². The second-order valence-electron chi connectivity index (χ2n) is 9.58. The van der Waals surface area contributed by atoms with Crippen molar-refractivity contribution >= 4 is 22.6 Å². The van der Waals surface area contributed by atoms with E-state index in [1.807, 2.05) is 89.3 Å². The van der Waals surface area contributed by atoms with Crippen molar-refractivity contribution in [2.75, 3.05) is 39.5 Å². The topological polar surface area (TPSA) is 89.5 Å². The van der Waals surface area contributed by atoms with Gasteiger partial charge in [-0.2, -0.15) is 5.10 Å². The maximum Gasteiger partial charge on any atom is 0.246 e. The molecular weight excluding hydrogens is 464 g/mol. The monoisotopic (exact) mass is 496 g/mol. The summed E-state index contributed by atoms with van der Waals surface area (Å²) in [5.41, 5.74) is 9.51. The van der Waals surface area contributed by atoms with Gasteiger partial charge in [0.2, 0.25) is 5.91 Å². The molecule has 0 unspecified atom stereocenters. The number of aromatic nitrogens is 3. The number of nitrogens with two attached hydrogens (primary N) is 1. The van der Waals surface area contributed by atoms with Gasteiger partial charge in [-0.25, -0.2) is 9.67 Å². The van der Waals surface area contributed by atoms with Crippen molar-refractivity contribution in [2.24, 2.45) is 0 Å². The van der Waals surface area contributed by atoms with Crippen LogP contribution in [0.15, 0.2) is 79.0 Å². The van der Waals surface area contributed by atoms with E-state index in [4.69, 9.17) is 15.6 Å². The number of ether oxygens (including phenoxy) is 1. The summed E-state index contributed by atoms with van der Waals surface area (Å²) in [6.07, 6.45) is 7.11. The van der Waals surface area contributed by atoms with E-state index in [1.54, 1.807) is 18.3 Å². The Kier molecular flexibility index (Phi) is 7.18. The molecule has 37 heavy (non-hydrogen) atoms. The third kappa shape index (κ3) is 5.49. The zero-order valence-corrected chi connectivity index (χ0v) is 21.2. The Labute approximate surface area is 217 Å². The number of carbonyl (C=O) groups excluding carboxylic acids is 1. The van der Waals surface area contributed by atoms with Gasteiger partial charge in [-0.1, -0.05) is 24.3 Å². The molecule has 5 rings (SSSR count). The van der Waals surface area contributed by atoms with E-state index in [0.717, 1.165) is 59.7 Å². The number of hydrogen-bond donors (Lipinski definition) is 1. The predicted octanol–water partition coefficient (Wildman–Crippen LogP) is 4.75. The number of anilines is 1. The highest BCUT2D eigenvalue weighted by atomic mass is 16.5. The van der Waals surface area contributed by atoms with Crippen molar-refractivity contribution in [3.05, 3.63) is 79.0 Å². The average molecular weight is 497 g/mol. The molecule has 1 saturated heterocycles. The number of likely N-dealkylation sites (N-methyl/N-ethyl adjacent to an activating group) is 1. The largest absolute Gasteiger partial charge is 0.457 e. The van der Waals surface area contributed by atoms with Crippen molar-refractivity contribution in [3.8, 4) is 22.8 Å². The first kappa shape index (κ1) is 24.5. The molecule has 4 aromatic rings. The average Bonchev–Trinajstić information content (AvgIpc) is 3.31. The highest BCUT2D eigenvalue weighted by molar-refractivity contribution is 5.99. The van der Waals surface area contributed by atoms with Gasteiger partial charge < -0.3 is 20.3 Å². The van der Waals surface area contributed by atoms with Crippen LogP contribution in [0, 0.1) is 0 Å². The number of nitrogens with zero attached hydrogens (tertiary/aromatic N) is 5. The fourth-order valence-electron chi connectivity index (χ4n) is 4.67. The number of piperidine rings is 1. The summed E-state index contributed by atoms with van der Waals surface area (Å²) < 4.78 is 7.90. The highest BCUT2D eigenvalue weighted by Crippen LogP contribution is 2.35. The van der Waals surface area contributed by atoms with Crippen LogP contribution in [-0.2, 0) is 4.79 Å². The molecule has 2 aromatic heterocycles. The minimum absolute atomic E-state index is 0.0196. The van der Waals surface area contributed by atoms with Crippen molar-refractivity contribution in [1.29, 1.82) is 0 Å². The Hall–Kier alpha value is -4.17. The summed E-state index contributed by atoms with van der Waals surface area (Å²) in [7, 11) is 3.96. The van der Waals surface area contributed by atoms with Crippen LogP contribution >= 0.6 is 0 Å². The van der Waals surface area contributed by atoms with Gasteiger partial charge in [0.05, 0.1) is 11.4 Å². The summed E-state index contributed by atoms with van der Waals surface area (Å²) in [5, 5.41) is 5.83. The summed E-state index contributed by atoms with van der Waals surface area (Å²) in [4.78, 5) is 21.4. The van der Waals surface area contributed by atoms with Crippen molar-refractivity contribution < 1.29 is 9.53 Å². The van der Waals surface area contributed by atoms with Gasteiger partial charge in [0.1, 0.15) is 17.2 Å². The smallest absolute Gasteiger partial charge is 0.246 e. The number of rotatable bonds is 7. The molecule has 0 radical (unpaired) electrons. The molecule has 1 fully saturated rings. The van der Waals surface area contributed by atoms with Crippen LogP contribution in [0.2, 0.25) is 0 Å². The third-order valence-electron chi connectivity index (χ3n) is 6.52. The number of nitrogen functional groups attached to an aromatic ring is 1. The molecule has 0 aliphatic carbocycles. The van der Waals surface area contributed by atoms with E-state index < -0.39 is 0 Å². The summed E-state index contributed by atoms with van der Waals surface area (Å²) in [6.45, 7) is 2.06. The van der Waals surface area contributed by atoms with Crippen LogP contribution in [0.25, 0.3) is 22.3 Å². The van der Waals surface area contributed by atoms with Gasteiger partial charge in [-0.05, 0) is 69.4 Å². The highest BCUT2D eigenvalue weighted by Gasteiger charge is 2.27. The molecule has 8 heteroatoms. The fourth-order valence-corrected chi connectivity index (χ4v) is 4.67. The molecule has 2 N–H and O–H groups in total. The number of hydrogen-bond acceptors (Lipinski definition) is 6. The van der Waals surface area contributed by atoms with Gasteiger partial charge in [0.15, 0.2) is 5.65 Å². The van der Waals surface area contributed by atoms with Gasteiger partial charge in [0.25, 0.3) is 0 Å². The number of amides is 1. The lowest BCUT2D eigenvalue weighted by Crippen LogP contribution is -2.40. The summed E-state index contributed by atoms with van der Waals surface area (Å²) >= 11 is 0. The lowest BCUT2D eigenvalue weighted by atomic mass is 10.1. The van der Waals surface area contributed by atoms with Gasteiger partial charge in [0, 0.05) is 43.2 Å². The van der Waals surface area contributed by atoms with Crippen LogP contribution < -0.4 is 10.5 Å². The normalized spacial score (nSPS) is 16.1. The van der Waals surface area contributed by atoms with Crippen molar-refractivity contribution in [3.63, 3.8) is 0 Å². The molecule has 1 atom stereocenters. The summed E-state index contributed by atoms with van der Waals surface area (Å²) in [5.74, 6) is 1.56. The number of para-hydroxylation sites is 1. The maximum absolute atomic E-state index is 12.8. The maximum atomic E-state index is 12.8. The molecule has 0 bridgehead atoms. The van der Waals surface area contributed by atoms with Crippen LogP contribution in [0.1, 0.15) is 18.9 Å². The quantitative estimate of drug-likeness (QED) is 0.371. The van der Waals surface area contributed by atoms with E-state index in [-0.39, 0.29) is 11.9 Å². The van der Waals surface area contributed by atoms with Crippen LogP contribution in [0.3, 0.4) is 0 Å². The molecule has 190 valence electrons. The SMILES string of the molecule is CN(C)C/C=C/C(=O)N1CCC[C@@H](n2nc(-c3ccc(Oc4ccccc4)cc3)c3c(N)ccnc32)C1. The Morgan fingerprint density at radius 2 is 1.86 bits per heavy atom. The van der Waals surface area contributed by atoms with E-state index in [1.165, 1.54) is 0 Å². The molecule has 1 amide bonds. The molecular formula is C29H32N6O2. The Morgan fingerprint density at radius 1 is 1.11 bits per heavy atom. The first-order valence-corrected chi connectivity index (χ1v) is 12.6. The lowest BCUT2D eigenvalue weighted by molar-refractivity contribution is -0.127. The van der Waals surface area contributed by atoms with Gasteiger partial charge in [-0.15, -0.1) is 0 Å². The lowest BCUT2D eigenvalue weighted by Gasteiger charge is -2.32. The number of benzene rings is 2. The van der Waals surface area contributed by atoms with E-state index >= 15 is 0 Å². The second-order valence-corrected chi connectivity index (χ2v) is 9.58. The Balaban J connectivity index is 1.42. The zero-order chi connectivity index (χ0) is 25.8. The molecule has 1 aliphatic heterocycles. The van der Waals surface area contributed by atoms with Gasteiger partial charge in [-0.3, -0.25) is 4.79 Å². The third-order valence-corrected chi connectivity index (χ3v) is 6.52. The molecule has 1 aliphatic rings. The fraction of sp³-hybridized carbons (Fsp3) is 0.276. The summed E-state index contributed by atoms with van der Waals surface area (Å²) in [6, 6.07) is 19.4. The minimum Gasteiger partial charge on any atom is -0.457 e. The first-order valence-electron chi connectivity index (χ1n) is 12.6. The number of pyridine rings is 1. The molecule has 8 nitrogen and oxygen atoms in total. The zero-order valence-electron chi connectivity index (χ0n) is 21.2. The number of carbonyl (C=O) groups is 1. The predicted molar refractivity (Wildman–Crippen MR) is 146 cm³/mol. The van der Waals surface area contributed by atoms with Crippen LogP contribution in [0.4, 0.5) is 5.69 Å². The minimum atomic E-state index is 0.0196. The molecule has 3 heterocycles. The second kappa shape index (κ2) is 10.8. The number of fused-ring (bicyclic) bond motifs is 1. The number of likely N-dealkylation sites (tertiary alicyclic amines) is 1. The standard InChI is InChI=1S/C29H32N6O2/c1-33(2)18-7-11-26(36)34-19-6-8-22(20-34)35-29-27(25(30)16-17-31-29)28(32-35)21-12-14-24(15-13-21)37-23-9-4-3-5-10-23/h3-5,7,9-17,22H,6,8,18-20H2,1-2H3,(H2,30,31)/b11-7+/t22-/m1/s1. The van der Waals surface area contributed by atoms with Crippen LogP contribution in [-0.4, -0.2) is 64.2 Å². The van der Waals surface area contributed by atoms with Crippen molar-refractivity contribution in [2.45, 2.75) is 18.9 Å². The van der Waals surface area contributed by atoms with E-state index in [0.29, 0.717) is 12.2 Å². The van der Waals surface area contributed by atoms with Crippen molar-refractivity contribution in [1.82, 2.24) is 24.6 Å². The molecule has 2 aromatic carbocycles. The first-order chi connectivity index (χ1) is 18.0.